The highest BCUT2D eigenvalue weighted by molar-refractivity contribution is 5.79. The first-order valence-electron chi connectivity index (χ1n) is 10.2. The first-order chi connectivity index (χ1) is 14.6. The topological polar surface area (TPSA) is 55.6 Å². The molecule has 4 rings (SSSR count). The van der Waals surface area contributed by atoms with Crippen molar-refractivity contribution in [2.45, 2.75) is 38.1 Å². The number of methoxy groups -OCH3 is 1. The average Bonchev–Trinajstić information content (AvgIpc) is 3.22. The summed E-state index contributed by atoms with van der Waals surface area (Å²) in [5.41, 5.74) is 1.75. The van der Waals surface area contributed by atoms with Crippen LogP contribution in [0.2, 0.25) is 0 Å². The number of hydrogen-bond donors (Lipinski definition) is 0. The molecule has 0 bridgehead atoms. The van der Waals surface area contributed by atoms with Gasteiger partial charge in [0.1, 0.15) is 23.4 Å². The van der Waals surface area contributed by atoms with E-state index in [-0.39, 0.29) is 17.8 Å². The number of oxazole rings is 1. The molecule has 6 heteroatoms. The van der Waals surface area contributed by atoms with Crippen LogP contribution in [-0.2, 0) is 17.6 Å². The zero-order valence-electron chi connectivity index (χ0n) is 17.0. The minimum Gasteiger partial charge on any atom is -0.497 e. The number of ether oxygens (including phenoxy) is 1. The smallest absolute Gasteiger partial charge is 0.227 e. The van der Waals surface area contributed by atoms with Gasteiger partial charge in [-0.05, 0) is 54.7 Å². The zero-order valence-corrected chi connectivity index (χ0v) is 17.0. The molecule has 1 saturated heterocycles. The van der Waals surface area contributed by atoms with Crippen LogP contribution >= 0.6 is 0 Å². The quantitative estimate of drug-likeness (QED) is 0.593. The Morgan fingerprint density at radius 1 is 1.20 bits per heavy atom. The van der Waals surface area contributed by atoms with Gasteiger partial charge in [-0.2, -0.15) is 0 Å². The van der Waals surface area contributed by atoms with Crippen molar-refractivity contribution >= 4 is 5.91 Å². The number of hydrogen-bond acceptors (Lipinski definition) is 4. The molecule has 156 valence electrons. The highest BCUT2D eigenvalue weighted by Crippen LogP contribution is 2.31. The van der Waals surface area contributed by atoms with Crippen molar-refractivity contribution in [2.24, 2.45) is 0 Å². The van der Waals surface area contributed by atoms with Crippen molar-refractivity contribution < 1.29 is 18.3 Å². The summed E-state index contributed by atoms with van der Waals surface area (Å²) in [6.07, 6.45) is 5.27. The summed E-state index contributed by atoms with van der Waals surface area (Å²) in [5.74, 6) is 1.75. The van der Waals surface area contributed by atoms with Crippen molar-refractivity contribution in [3.05, 3.63) is 83.3 Å². The number of amides is 1. The molecule has 1 aliphatic rings. The number of benzene rings is 2. The Morgan fingerprint density at radius 3 is 2.87 bits per heavy atom. The summed E-state index contributed by atoms with van der Waals surface area (Å²) in [6.45, 7) is 0.690. The van der Waals surface area contributed by atoms with Gasteiger partial charge in [-0.25, -0.2) is 9.37 Å². The van der Waals surface area contributed by atoms with Crippen molar-refractivity contribution in [1.29, 1.82) is 0 Å². The lowest BCUT2D eigenvalue weighted by Gasteiger charge is -2.34. The Labute approximate surface area is 175 Å². The van der Waals surface area contributed by atoms with E-state index in [1.807, 2.05) is 35.2 Å². The molecule has 0 spiro atoms. The number of piperidine rings is 1. The number of rotatable bonds is 6. The molecule has 0 saturated carbocycles. The second kappa shape index (κ2) is 9.11. The van der Waals surface area contributed by atoms with E-state index in [0.717, 1.165) is 36.1 Å². The summed E-state index contributed by atoms with van der Waals surface area (Å²) in [4.78, 5) is 19.4. The molecule has 1 fully saturated rings. The van der Waals surface area contributed by atoms with E-state index in [4.69, 9.17) is 9.15 Å². The maximum Gasteiger partial charge on any atom is 0.227 e. The zero-order chi connectivity index (χ0) is 20.9. The van der Waals surface area contributed by atoms with Crippen molar-refractivity contribution in [1.82, 2.24) is 9.88 Å². The molecule has 30 heavy (non-hydrogen) atoms. The Bertz CT molecular complexity index is 1020. The van der Waals surface area contributed by atoms with Gasteiger partial charge < -0.3 is 14.1 Å². The molecular weight excluding hydrogens is 383 g/mol. The van der Waals surface area contributed by atoms with E-state index in [2.05, 4.69) is 4.98 Å². The SMILES string of the molecule is COc1cccc(CC(=O)N2CCCC[C@H]2c2ncc(Cc3cccc(F)c3)o2)c1. The van der Waals surface area contributed by atoms with Crippen LogP contribution in [0.4, 0.5) is 4.39 Å². The molecule has 0 N–H and O–H groups in total. The lowest BCUT2D eigenvalue weighted by Crippen LogP contribution is -2.39. The Hall–Kier alpha value is -3.15. The summed E-state index contributed by atoms with van der Waals surface area (Å²) < 4.78 is 24.7. The minimum atomic E-state index is -0.270. The summed E-state index contributed by atoms with van der Waals surface area (Å²) in [6, 6.07) is 13.9. The van der Waals surface area contributed by atoms with Crippen LogP contribution in [0.1, 0.15) is 48.1 Å². The summed E-state index contributed by atoms with van der Waals surface area (Å²) in [5, 5.41) is 0. The third kappa shape index (κ3) is 4.70. The van der Waals surface area contributed by atoms with Crippen LogP contribution in [0, 0.1) is 5.82 Å². The largest absolute Gasteiger partial charge is 0.497 e. The molecule has 3 aromatic rings. The second-order valence-electron chi connectivity index (χ2n) is 7.60. The monoisotopic (exact) mass is 408 g/mol. The highest BCUT2D eigenvalue weighted by Gasteiger charge is 2.31. The number of halogens is 1. The molecule has 1 aromatic heterocycles. The van der Waals surface area contributed by atoms with E-state index in [1.165, 1.54) is 12.1 Å². The average molecular weight is 408 g/mol. The fourth-order valence-electron chi connectivity index (χ4n) is 3.95. The standard InChI is InChI=1S/C24H25FN2O3/c1-29-20-9-5-7-18(13-20)15-23(28)27-11-3-2-10-22(27)24-26-16-21(30-24)14-17-6-4-8-19(25)12-17/h4-9,12-13,16,22H,2-3,10-11,14-15H2,1H3/t22-/m0/s1. The van der Waals surface area contributed by atoms with Gasteiger partial charge >= 0.3 is 0 Å². The van der Waals surface area contributed by atoms with Crippen molar-refractivity contribution in [3.8, 4) is 5.75 Å². The summed E-state index contributed by atoms with van der Waals surface area (Å²) in [7, 11) is 1.62. The first-order valence-corrected chi connectivity index (χ1v) is 10.2. The van der Waals surface area contributed by atoms with Crippen LogP contribution in [0.3, 0.4) is 0 Å². The Kier molecular flexibility index (Phi) is 6.12. The van der Waals surface area contributed by atoms with Gasteiger partial charge in [0, 0.05) is 13.0 Å². The highest BCUT2D eigenvalue weighted by atomic mass is 19.1. The van der Waals surface area contributed by atoms with E-state index < -0.39 is 0 Å². The Balaban J connectivity index is 1.48. The van der Waals surface area contributed by atoms with Crippen molar-refractivity contribution in [3.63, 3.8) is 0 Å². The predicted octanol–water partition coefficient (Wildman–Crippen LogP) is 4.71. The third-order valence-corrected chi connectivity index (χ3v) is 5.44. The Morgan fingerprint density at radius 2 is 2.03 bits per heavy atom. The number of carbonyl (C=O) groups is 1. The van der Waals surface area contributed by atoms with Crippen LogP contribution in [0.15, 0.2) is 59.1 Å². The minimum absolute atomic E-state index is 0.0535. The summed E-state index contributed by atoms with van der Waals surface area (Å²) >= 11 is 0. The van der Waals surface area contributed by atoms with E-state index in [9.17, 15) is 9.18 Å². The molecule has 1 aliphatic heterocycles. The van der Waals surface area contributed by atoms with Crippen LogP contribution < -0.4 is 4.74 Å². The van der Waals surface area contributed by atoms with E-state index >= 15 is 0 Å². The second-order valence-corrected chi connectivity index (χ2v) is 7.60. The number of carbonyl (C=O) groups excluding carboxylic acids is 1. The number of nitrogens with zero attached hydrogens (tertiary/aromatic N) is 2. The van der Waals surface area contributed by atoms with Gasteiger partial charge in [0.2, 0.25) is 11.8 Å². The van der Waals surface area contributed by atoms with Crippen LogP contribution in [0.5, 0.6) is 5.75 Å². The third-order valence-electron chi connectivity index (χ3n) is 5.44. The lowest BCUT2D eigenvalue weighted by atomic mass is 10.0. The van der Waals surface area contributed by atoms with E-state index in [1.54, 1.807) is 19.4 Å². The number of aromatic nitrogens is 1. The maximum atomic E-state index is 13.4. The molecular formula is C24H25FN2O3. The van der Waals surface area contributed by atoms with Gasteiger partial charge in [-0.15, -0.1) is 0 Å². The molecule has 0 radical (unpaired) electrons. The number of likely N-dealkylation sites (tertiary alicyclic amines) is 1. The van der Waals surface area contributed by atoms with E-state index in [0.29, 0.717) is 31.0 Å². The van der Waals surface area contributed by atoms with Gasteiger partial charge in [0.05, 0.1) is 19.7 Å². The fourth-order valence-corrected chi connectivity index (χ4v) is 3.95. The molecule has 0 aliphatic carbocycles. The van der Waals surface area contributed by atoms with Crippen LogP contribution in [-0.4, -0.2) is 29.4 Å². The van der Waals surface area contributed by atoms with Crippen LogP contribution in [0.25, 0.3) is 0 Å². The molecule has 5 nitrogen and oxygen atoms in total. The lowest BCUT2D eigenvalue weighted by molar-refractivity contribution is -0.134. The normalized spacial score (nSPS) is 16.5. The molecule has 2 heterocycles. The van der Waals surface area contributed by atoms with Gasteiger partial charge in [0.25, 0.3) is 0 Å². The molecule has 1 amide bonds. The predicted molar refractivity (Wildman–Crippen MR) is 111 cm³/mol. The fraction of sp³-hybridized carbons (Fsp3) is 0.333. The van der Waals surface area contributed by atoms with Crippen molar-refractivity contribution in [2.75, 3.05) is 13.7 Å². The van der Waals surface area contributed by atoms with Gasteiger partial charge in [-0.3, -0.25) is 4.79 Å². The van der Waals surface area contributed by atoms with Gasteiger partial charge in [0.15, 0.2) is 0 Å². The maximum absolute atomic E-state index is 13.4. The molecule has 1 atom stereocenters. The first kappa shape index (κ1) is 20.1. The molecule has 2 aromatic carbocycles. The molecule has 0 unspecified atom stereocenters. The van der Waals surface area contributed by atoms with Gasteiger partial charge in [-0.1, -0.05) is 24.3 Å².